The lowest BCUT2D eigenvalue weighted by atomic mass is 9.85. The molecule has 2 aliphatic rings. The second kappa shape index (κ2) is 10.3. The summed E-state index contributed by atoms with van der Waals surface area (Å²) in [6.07, 6.45) is 3.57. The minimum Gasteiger partial charge on any atom is -0.357 e. The minimum atomic E-state index is 0.0400. The fourth-order valence-electron chi connectivity index (χ4n) is 4.08. The van der Waals surface area contributed by atoms with Gasteiger partial charge in [-0.3, -0.25) is 9.59 Å². The Balaban J connectivity index is 1.38. The van der Waals surface area contributed by atoms with Crippen LogP contribution in [0.5, 0.6) is 0 Å². The molecular formula is C25H31N5O2. The van der Waals surface area contributed by atoms with Gasteiger partial charge in [-0.25, -0.2) is 4.99 Å². The molecule has 1 heterocycles. The van der Waals surface area contributed by atoms with E-state index in [1.165, 1.54) is 0 Å². The summed E-state index contributed by atoms with van der Waals surface area (Å²) in [5.41, 5.74) is 3.87. The second-order valence-corrected chi connectivity index (χ2v) is 8.43. The number of fused-ring (bicyclic) bond motifs is 1. The summed E-state index contributed by atoms with van der Waals surface area (Å²) in [5, 5.41) is 12.6. The highest BCUT2D eigenvalue weighted by Gasteiger charge is 2.25. The predicted molar refractivity (Wildman–Crippen MR) is 128 cm³/mol. The summed E-state index contributed by atoms with van der Waals surface area (Å²) in [6.45, 7) is 3.88. The van der Waals surface area contributed by atoms with Crippen molar-refractivity contribution in [2.24, 2.45) is 10.9 Å². The molecule has 1 unspecified atom stereocenters. The van der Waals surface area contributed by atoms with Crippen LogP contribution in [-0.2, 0) is 16.1 Å². The number of carbonyl (C=O) groups is 2. The molecule has 2 aromatic carbocycles. The third-order valence-corrected chi connectivity index (χ3v) is 6.06. The van der Waals surface area contributed by atoms with Crippen molar-refractivity contribution in [2.45, 2.75) is 45.1 Å². The molecule has 32 heavy (non-hydrogen) atoms. The number of rotatable bonds is 7. The van der Waals surface area contributed by atoms with E-state index in [0.717, 1.165) is 48.3 Å². The Labute approximate surface area is 189 Å². The molecule has 0 bridgehead atoms. The van der Waals surface area contributed by atoms with E-state index in [-0.39, 0.29) is 23.7 Å². The Kier molecular flexibility index (Phi) is 7.04. The highest BCUT2D eigenvalue weighted by atomic mass is 16.2. The van der Waals surface area contributed by atoms with Gasteiger partial charge in [0.1, 0.15) is 0 Å². The Bertz CT molecular complexity index is 999. The lowest BCUT2D eigenvalue weighted by molar-refractivity contribution is -0.122. The summed E-state index contributed by atoms with van der Waals surface area (Å²) in [6, 6.07) is 15.8. The van der Waals surface area contributed by atoms with Crippen LogP contribution in [0.4, 0.5) is 11.4 Å². The number of hydrogen-bond acceptors (Lipinski definition) is 3. The summed E-state index contributed by atoms with van der Waals surface area (Å²) in [5.74, 6) is 1.11. The Morgan fingerprint density at radius 1 is 1.12 bits per heavy atom. The highest BCUT2D eigenvalue weighted by Crippen LogP contribution is 2.31. The van der Waals surface area contributed by atoms with Gasteiger partial charge in [0.2, 0.25) is 11.8 Å². The van der Waals surface area contributed by atoms with E-state index in [0.29, 0.717) is 25.5 Å². The number of guanidine groups is 1. The van der Waals surface area contributed by atoms with Crippen molar-refractivity contribution >= 4 is 29.1 Å². The van der Waals surface area contributed by atoms with Crippen LogP contribution in [0.2, 0.25) is 0 Å². The SMILES string of the molecule is CCNC(=NCc1cccc(NC(=O)C2CCC2)c1)NCC1CC(=O)Nc2ccccc21. The largest absolute Gasteiger partial charge is 0.357 e. The maximum atomic E-state index is 12.2. The maximum absolute atomic E-state index is 12.2. The molecule has 7 heteroatoms. The van der Waals surface area contributed by atoms with Crippen LogP contribution >= 0.6 is 0 Å². The first-order valence-corrected chi connectivity index (χ1v) is 11.4. The molecular weight excluding hydrogens is 402 g/mol. The summed E-state index contributed by atoms with van der Waals surface area (Å²) in [4.78, 5) is 29.0. The predicted octanol–water partition coefficient (Wildman–Crippen LogP) is 3.61. The Morgan fingerprint density at radius 3 is 2.75 bits per heavy atom. The van der Waals surface area contributed by atoms with Crippen molar-refractivity contribution in [3.63, 3.8) is 0 Å². The Hall–Kier alpha value is -3.35. The molecule has 0 spiro atoms. The molecule has 1 aliphatic heterocycles. The molecule has 1 fully saturated rings. The molecule has 4 rings (SSSR count). The second-order valence-electron chi connectivity index (χ2n) is 8.43. The highest BCUT2D eigenvalue weighted by molar-refractivity contribution is 5.95. The molecule has 1 aliphatic carbocycles. The number of para-hydroxylation sites is 1. The van der Waals surface area contributed by atoms with E-state index < -0.39 is 0 Å². The van der Waals surface area contributed by atoms with Crippen LogP contribution < -0.4 is 21.3 Å². The molecule has 7 nitrogen and oxygen atoms in total. The molecule has 168 valence electrons. The lowest BCUT2D eigenvalue weighted by Crippen LogP contribution is -2.40. The van der Waals surface area contributed by atoms with Crippen LogP contribution in [0.25, 0.3) is 0 Å². The fraction of sp³-hybridized carbons (Fsp3) is 0.400. The number of hydrogen-bond donors (Lipinski definition) is 4. The third kappa shape index (κ3) is 5.46. The zero-order valence-electron chi connectivity index (χ0n) is 18.5. The number of amides is 2. The number of benzene rings is 2. The molecule has 1 atom stereocenters. The number of carbonyl (C=O) groups excluding carboxylic acids is 2. The first-order chi connectivity index (χ1) is 15.6. The first kappa shape index (κ1) is 21.9. The quantitative estimate of drug-likeness (QED) is 0.396. The van der Waals surface area contributed by atoms with Gasteiger partial charge in [0.05, 0.1) is 6.54 Å². The van der Waals surface area contributed by atoms with E-state index in [1.807, 2.05) is 49.4 Å². The van der Waals surface area contributed by atoms with Crippen LogP contribution in [0.1, 0.15) is 49.7 Å². The normalized spacial score (nSPS) is 18.2. The molecule has 4 N–H and O–H groups in total. The van der Waals surface area contributed by atoms with E-state index in [1.54, 1.807) is 0 Å². The van der Waals surface area contributed by atoms with E-state index in [9.17, 15) is 9.59 Å². The summed E-state index contributed by atoms with van der Waals surface area (Å²) >= 11 is 0. The maximum Gasteiger partial charge on any atom is 0.227 e. The van der Waals surface area contributed by atoms with Gasteiger partial charge in [-0.05, 0) is 49.1 Å². The summed E-state index contributed by atoms with van der Waals surface area (Å²) < 4.78 is 0. The number of nitrogens with one attached hydrogen (secondary N) is 4. The molecule has 0 aromatic heterocycles. The number of anilines is 2. The van der Waals surface area contributed by atoms with E-state index in [2.05, 4.69) is 27.3 Å². The van der Waals surface area contributed by atoms with E-state index >= 15 is 0 Å². The summed E-state index contributed by atoms with van der Waals surface area (Å²) in [7, 11) is 0. The van der Waals surface area contributed by atoms with Gasteiger partial charge in [0.25, 0.3) is 0 Å². The van der Waals surface area contributed by atoms with Crippen molar-refractivity contribution in [1.82, 2.24) is 10.6 Å². The average Bonchev–Trinajstić information content (AvgIpc) is 2.74. The zero-order valence-corrected chi connectivity index (χ0v) is 18.5. The molecule has 2 aromatic rings. The van der Waals surface area contributed by atoms with Crippen LogP contribution in [0.15, 0.2) is 53.5 Å². The minimum absolute atomic E-state index is 0.0400. The fourth-order valence-corrected chi connectivity index (χ4v) is 4.08. The van der Waals surface area contributed by atoms with Gasteiger partial charge in [-0.1, -0.05) is 36.8 Å². The number of aliphatic imine (C=N–C) groups is 1. The standard InChI is InChI=1S/C25H31N5O2/c1-2-26-25(28-16-19-14-23(31)30-22-12-4-3-11-21(19)22)27-15-17-7-5-10-20(13-17)29-24(32)18-8-6-9-18/h3-5,7,10-13,18-19H,2,6,8-9,14-16H2,1H3,(H,29,32)(H,30,31)(H2,26,27,28). The average molecular weight is 434 g/mol. The van der Waals surface area contributed by atoms with Crippen molar-refractivity contribution < 1.29 is 9.59 Å². The third-order valence-electron chi connectivity index (χ3n) is 6.06. The molecule has 2 amide bonds. The number of nitrogens with zero attached hydrogens (tertiary/aromatic N) is 1. The van der Waals surface area contributed by atoms with Crippen LogP contribution in [0.3, 0.4) is 0 Å². The van der Waals surface area contributed by atoms with Gasteiger partial charge in [0, 0.05) is 42.7 Å². The molecule has 0 saturated heterocycles. The zero-order chi connectivity index (χ0) is 22.3. The van der Waals surface area contributed by atoms with Crippen molar-refractivity contribution in [3.05, 3.63) is 59.7 Å². The van der Waals surface area contributed by atoms with Crippen molar-refractivity contribution in [2.75, 3.05) is 23.7 Å². The lowest BCUT2D eigenvalue weighted by Gasteiger charge is -2.26. The molecule has 1 saturated carbocycles. The first-order valence-electron chi connectivity index (χ1n) is 11.4. The monoisotopic (exact) mass is 433 g/mol. The van der Waals surface area contributed by atoms with Crippen molar-refractivity contribution in [3.8, 4) is 0 Å². The molecule has 0 radical (unpaired) electrons. The smallest absolute Gasteiger partial charge is 0.227 e. The van der Waals surface area contributed by atoms with Crippen LogP contribution in [-0.4, -0.2) is 30.9 Å². The van der Waals surface area contributed by atoms with Gasteiger partial charge < -0.3 is 21.3 Å². The van der Waals surface area contributed by atoms with Crippen LogP contribution in [0, 0.1) is 5.92 Å². The topological polar surface area (TPSA) is 94.6 Å². The van der Waals surface area contributed by atoms with Crippen molar-refractivity contribution in [1.29, 1.82) is 0 Å². The Morgan fingerprint density at radius 2 is 1.97 bits per heavy atom. The van der Waals surface area contributed by atoms with Gasteiger partial charge >= 0.3 is 0 Å². The van der Waals surface area contributed by atoms with Gasteiger partial charge in [-0.2, -0.15) is 0 Å². The van der Waals surface area contributed by atoms with Gasteiger partial charge in [-0.15, -0.1) is 0 Å². The van der Waals surface area contributed by atoms with E-state index in [4.69, 9.17) is 4.99 Å². The van der Waals surface area contributed by atoms with Gasteiger partial charge in [0.15, 0.2) is 5.96 Å².